The molecule has 0 aliphatic carbocycles. The third-order valence-electron chi connectivity index (χ3n) is 3.45. The molecule has 0 saturated heterocycles. The van der Waals surface area contributed by atoms with Crippen LogP contribution in [0, 0.1) is 0 Å². The van der Waals surface area contributed by atoms with Crippen LogP contribution in [0.15, 0.2) is 47.2 Å². The molecule has 2 atom stereocenters. The molecule has 0 aliphatic rings. The fourth-order valence-electron chi connectivity index (χ4n) is 2.39. The maximum absolute atomic E-state index is 6.04. The molecule has 1 aromatic heterocycles. The van der Waals surface area contributed by atoms with E-state index >= 15 is 0 Å². The number of halogens is 2. The topological polar surface area (TPSA) is 24.9 Å². The largest absolute Gasteiger partial charge is 0.310 e. The second-order valence-electron chi connectivity index (χ2n) is 4.77. The molecule has 2 nitrogen and oxygen atoms in total. The summed E-state index contributed by atoms with van der Waals surface area (Å²) in [6, 6.07) is 10.3. The summed E-state index contributed by atoms with van der Waals surface area (Å²) in [7, 11) is 0. The smallest absolute Gasteiger partial charge is 0.0417 e. The Morgan fingerprint density at radius 2 is 1.95 bits per heavy atom. The quantitative estimate of drug-likeness (QED) is 0.822. The van der Waals surface area contributed by atoms with Gasteiger partial charge in [-0.2, -0.15) is 0 Å². The third kappa shape index (κ3) is 3.60. The molecule has 0 aliphatic heterocycles. The summed E-state index contributed by atoms with van der Waals surface area (Å²) >= 11 is 9.66. The van der Waals surface area contributed by atoms with Crippen LogP contribution >= 0.6 is 27.5 Å². The van der Waals surface area contributed by atoms with Crippen molar-refractivity contribution in [3.63, 3.8) is 0 Å². The summed E-state index contributed by atoms with van der Waals surface area (Å²) in [5, 5.41) is 4.31. The van der Waals surface area contributed by atoms with Gasteiger partial charge in [-0.3, -0.25) is 4.98 Å². The van der Waals surface area contributed by atoms with E-state index in [4.69, 9.17) is 11.6 Å². The number of benzene rings is 1. The van der Waals surface area contributed by atoms with E-state index in [1.165, 1.54) is 11.1 Å². The van der Waals surface area contributed by atoms with Crippen molar-refractivity contribution >= 4 is 27.5 Å². The molecule has 2 aromatic rings. The standard InChI is InChI=1S/C16H18BrClN2/c1-3-20-16(11(2)12-6-8-19-9-7-12)14-5-4-13(18)10-15(14)17/h4-11,16,20H,3H2,1-2H3. The Kier molecular flexibility index (Phi) is 5.58. The van der Waals surface area contributed by atoms with Gasteiger partial charge in [0.05, 0.1) is 0 Å². The lowest BCUT2D eigenvalue weighted by atomic mass is 9.89. The molecule has 1 N–H and O–H groups in total. The Labute approximate surface area is 133 Å². The highest BCUT2D eigenvalue weighted by atomic mass is 79.9. The van der Waals surface area contributed by atoms with Gasteiger partial charge in [-0.25, -0.2) is 0 Å². The first-order valence-corrected chi connectivity index (χ1v) is 7.88. The molecule has 2 rings (SSSR count). The summed E-state index contributed by atoms with van der Waals surface area (Å²) in [5.74, 6) is 0.343. The molecular weight excluding hydrogens is 336 g/mol. The molecule has 0 amide bonds. The second kappa shape index (κ2) is 7.21. The second-order valence-corrected chi connectivity index (χ2v) is 6.06. The normalized spacial score (nSPS) is 14.0. The zero-order chi connectivity index (χ0) is 14.5. The minimum absolute atomic E-state index is 0.231. The fraction of sp³-hybridized carbons (Fsp3) is 0.312. The van der Waals surface area contributed by atoms with Gasteiger partial charge >= 0.3 is 0 Å². The van der Waals surface area contributed by atoms with Crippen LogP contribution in [0.2, 0.25) is 5.02 Å². The maximum Gasteiger partial charge on any atom is 0.0417 e. The van der Waals surface area contributed by atoms with Crippen LogP contribution < -0.4 is 5.32 Å². The minimum Gasteiger partial charge on any atom is -0.310 e. The van der Waals surface area contributed by atoms with Crippen LogP contribution in [0.25, 0.3) is 0 Å². The molecule has 0 fully saturated rings. The Morgan fingerprint density at radius 3 is 2.55 bits per heavy atom. The molecule has 1 heterocycles. The Hall–Kier alpha value is -0.900. The highest BCUT2D eigenvalue weighted by Gasteiger charge is 2.22. The average Bonchev–Trinajstić information content (AvgIpc) is 2.46. The van der Waals surface area contributed by atoms with Crippen molar-refractivity contribution in [2.24, 2.45) is 0 Å². The molecule has 0 saturated carbocycles. The van der Waals surface area contributed by atoms with Gasteiger partial charge in [0, 0.05) is 33.8 Å². The predicted molar refractivity (Wildman–Crippen MR) is 88.2 cm³/mol. The molecule has 106 valence electrons. The zero-order valence-electron chi connectivity index (χ0n) is 11.6. The van der Waals surface area contributed by atoms with Crippen molar-refractivity contribution in [1.82, 2.24) is 10.3 Å². The molecule has 0 bridgehead atoms. The average molecular weight is 354 g/mol. The van der Waals surface area contributed by atoms with E-state index in [1.807, 2.05) is 24.5 Å². The van der Waals surface area contributed by atoms with Crippen molar-refractivity contribution in [1.29, 1.82) is 0 Å². The van der Waals surface area contributed by atoms with Crippen LogP contribution in [0.4, 0.5) is 0 Å². The van der Waals surface area contributed by atoms with Gasteiger partial charge in [0.2, 0.25) is 0 Å². The van der Waals surface area contributed by atoms with Gasteiger partial charge in [-0.1, -0.05) is 47.4 Å². The van der Waals surface area contributed by atoms with Gasteiger partial charge in [0.25, 0.3) is 0 Å². The van der Waals surface area contributed by atoms with Crippen LogP contribution in [0.5, 0.6) is 0 Å². The summed E-state index contributed by atoms with van der Waals surface area (Å²) < 4.78 is 1.04. The summed E-state index contributed by atoms with van der Waals surface area (Å²) in [6.45, 7) is 5.26. The Balaban J connectivity index is 2.35. The van der Waals surface area contributed by atoms with E-state index in [9.17, 15) is 0 Å². The van der Waals surface area contributed by atoms with Crippen molar-refractivity contribution in [2.45, 2.75) is 25.8 Å². The third-order valence-corrected chi connectivity index (χ3v) is 4.38. The molecule has 0 spiro atoms. The molecule has 20 heavy (non-hydrogen) atoms. The van der Waals surface area contributed by atoms with E-state index in [2.05, 4.69) is 58.3 Å². The number of hydrogen-bond acceptors (Lipinski definition) is 2. The minimum atomic E-state index is 0.231. The molecule has 2 unspecified atom stereocenters. The SMILES string of the molecule is CCNC(c1ccc(Cl)cc1Br)C(C)c1ccncc1. The highest BCUT2D eigenvalue weighted by molar-refractivity contribution is 9.10. The highest BCUT2D eigenvalue weighted by Crippen LogP contribution is 2.35. The Bertz CT molecular complexity index is 560. The van der Waals surface area contributed by atoms with Gasteiger partial charge < -0.3 is 5.32 Å². The number of hydrogen-bond donors (Lipinski definition) is 1. The van der Waals surface area contributed by atoms with E-state index in [0.29, 0.717) is 5.92 Å². The van der Waals surface area contributed by atoms with Gasteiger partial charge in [-0.05, 0) is 41.9 Å². The van der Waals surface area contributed by atoms with Crippen molar-refractivity contribution in [3.8, 4) is 0 Å². The summed E-state index contributed by atoms with van der Waals surface area (Å²) in [4.78, 5) is 4.09. The number of rotatable bonds is 5. The van der Waals surface area contributed by atoms with E-state index in [1.54, 1.807) is 0 Å². The van der Waals surface area contributed by atoms with Gasteiger partial charge in [-0.15, -0.1) is 0 Å². The summed E-state index contributed by atoms with van der Waals surface area (Å²) in [5.41, 5.74) is 2.49. The Morgan fingerprint density at radius 1 is 1.25 bits per heavy atom. The first kappa shape index (κ1) is 15.5. The number of likely N-dealkylation sites (N-methyl/N-ethyl adjacent to an activating group) is 1. The van der Waals surface area contributed by atoms with Gasteiger partial charge in [0.1, 0.15) is 0 Å². The summed E-state index contributed by atoms with van der Waals surface area (Å²) in [6.07, 6.45) is 3.68. The number of nitrogens with zero attached hydrogens (tertiary/aromatic N) is 1. The van der Waals surface area contributed by atoms with E-state index in [-0.39, 0.29) is 6.04 Å². The number of nitrogens with one attached hydrogen (secondary N) is 1. The van der Waals surface area contributed by atoms with Gasteiger partial charge in [0.15, 0.2) is 0 Å². The number of pyridine rings is 1. The first-order chi connectivity index (χ1) is 9.63. The van der Waals surface area contributed by atoms with Crippen LogP contribution in [0.3, 0.4) is 0 Å². The fourth-order valence-corrected chi connectivity index (χ4v) is 3.32. The zero-order valence-corrected chi connectivity index (χ0v) is 13.9. The lowest BCUT2D eigenvalue weighted by Crippen LogP contribution is -2.26. The van der Waals surface area contributed by atoms with Crippen molar-refractivity contribution < 1.29 is 0 Å². The molecule has 1 aromatic carbocycles. The van der Waals surface area contributed by atoms with E-state index < -0.39 is 0 Å². The number of aromatic nitrogens is 1. The molecule has 4 heteroatoms. The monoisotopic (exact) mass is 352 g/mol. The maximum atomic E-state index is 6.04. The van der Waals surface area contributed by atoms with Crippen LogP contribution in [-0.2, 0) is 0 Å². The predicted octanol–water partition coefficient (Wildman–Crippen LogP) is 4.95. The van der Waals surface area contributed by atoms with Crippen LogP contribution in [-0.4, -0.2) is 11.5 Å². The van der Waals surface area contributed by atoms with Crippen LogP contribution in [0.1, 0.15) is 36.9 Å². The lowest BCUT2D eigenvalue weighted by Gasteiger charge is -2.26. The molecular formula is C16H18BrClN2. The first-order valence-electron chi connectivity index (χ1n) is 6.71. The van der Waals surface area contributed by atoms with E-state index in [0.717, 1.165) is 16.0 Å². The van der Waals surface area contributed by atoms with Crippen molar-refractivity contribution in [2.75, 3.05) is 6.54 Å². The lowest BCUT2D eigenvalue weighted by molar-refractivity contribution is 0.477. The molecule has 0 radical (unpaired) electrons. The van der Waals surface area contributed by atoms with Crippen molar-refractivity contribution in [3.05, 3.63) is 63.3 Å².